The molecule has 1 aromatic carbocycles. The second-order valence-corrected chi connectivity index (χ2v) is 3.00. The van der Waals surface area contributed by atoms with Crippen molar-refractivity contribution in [3.05, 3.63) is 40.5 Å². The van der Waals surface area contributed by atoms with E-state index in [1.807, 2.05) is 24.3 Å². The van der Waals surface area contributed by atoms with Crippen molar-refractivity contribution in [2.75, 3.05) is 0 Å². The molecule has 1 aromatic rings. The zero-order chi connectivity index (χ0) is 8.81. The predicted molar refractivity (Wildman–Crippen MR) is 51.3 cm³/mol. The molecule has 2 nitrogen and oxygen atoms in total. The maximum Gasteiger partial charge on any atom is 0.239 e. The van der Waals surface area contributed by atoms with Gasteiger partial charge in [-0.3, -0.25) is 0 Å². The van der Waals surface area contributed by atoms with E-state index >= 15 is 0 Å². The smallest absolute Gasteiger partial charge is 0.211 e. The normalized spacial score (nSPS) is 9.75. The van der Waals surface area contributed by atoms with E-state index in [4.69, 9.17) is 0 Å². The Balaban J connectivity index is 2.77. The van der Waals surface area contributed by atoms with E-state index in [1.54, 1.807) is 6.08 Å². The summed E-state index contributed by atoms with van der Waals surface area (Å²) in [5.74, 6) is 0. The summed E-state index contributed by atoms with van der Waals surface area (Å²) in [4.78, 5) is 13.0. The Bertz CT molecular complexity index is 323. The molecule has 0 heterocycles. The van der Waals surface area contributed by atoms with Crippen molar-refractivity contribution < 1.29 is 4.79 Å². The second-order valence-electron chi connectivity index (χ2n) is 2.09. The molecule has 60 valence electrons. The lowest BCUT2D eigenvalue weighted by Gasteiger charge is -1.90. The number of aliphatic imine (C=N–C) groups is 1. The van der Waals surface area contributed by atoms with E-state index in [-0.39, 0.29) is 0 Å². The predicted octanol–water partition coefficient (Wildman–Crippen LogP) is 2.76. The number of benzene rings is 1. The van der Waals surface area contributed by atoms with E-state index in [0.29, 0.717) is 0 Å². The molecule has 1 rings (SSSR count). The number of carbonyl (C=O) groups excluding carboxylic acids is 1. The number of nitrogens with zero attached hydrogens (tertiary/aromatic N) is 1. The van der Waals surface area contributed by atoms with Crippen LogP contribution in [0.5, 0.6) is 0 Å². The first-order chi connectivity index (χ1) is 5.83. The highest BCUT2D eigenvalue weighted by molar-refractivity contribution is 9.10. The Morgan fingerprint density at radius 2 is 2.00 bits per heavy atom. The van der Waals surface area contributed by atoms with E-state index in [2.05, 4.69) is 20.9 Å². The van der Waals surface area contributed by atoms with Crippen LogP contribution in [-0.2, 0) is 4.79 Å². The van der Waals surface area contributed by atoms with Crippen molar-refractivity contribution in [3.63, 3.8) is 0 Å². The minimum atomic E-state index is 0.997. The first kappa shape index (κ1) is 8.91. The van der Waals surface area contributed by atoms with Gasteiger partial charge in [-0.05, 0) is 23.8 Å². The van der Waals surface area contributed by atoms with Crippen molar-refractivity contribution in [1.82, 2.24) is 0 Å². The van der Waals surface area contributed by atoms with Crippen LogP contribution in [0.2, 0.25) is 0 Å². The Hall–Kier alpha value is -1.18. The molecule has 0 N–H and O–H groups in total. The van der Waals surface area contributed by atoms with Crippen LogP contribution in [0.1, 0.15) is 5.56 Å². The van der Waals surface area contributed by atoms with Crippen molar-refractivity contribution in [2.45, 2.75) is 0 Å². The van der Waals surface area contributed by atoms with Crippen LogP contribution in [0, 0.1) is 0 Å². The number of isocyanates is 1. The lowest BCUT2D eigenvalue weighted by molar-refractivity contribution is 0.565. The molecule has 0 aliphatic rings. The van der Waals surface area contributed by atoms with Crippen LogP contribution in [0.4, 0.5) is 0 Å². The van der Waals surface area contributed by atoms with Crippen molar-refractivity contribution in [3.8, 4) is 0 Å². The molecule has 0 bridgehead atoms. The molecule has 0 aromatic heterocycles. The largest absolute Gasteiger partial charge is 0.239 e. The van der Waals surface area contributed by atoms with Gasteiger partial charge in [0.15, 0.2) is 0 Å². The number of halogens is 1. The maximum atomic E-state index is 9.70. The average Bonchev–Trinajstić information content (AvgIpc) is 2.09. The minimum Gasteiger partial charge on any atom is -0.211 e. The quantitative estimate of drug-likeness (QED) is 0.560. The number of hydrogen-bond acceptors (Lipinski definition) is 2. The first-order valence-electron chi connectivity index (χ1n) is 3.32. The van der Waals surface area contributed by atoms with Gasteiger partial charge in [0.25, 0.3) is 0 Å². The summed E-state index contributed by atoms with van der Waals surface area (Å²) in [6.45, 7) is 0. The molecule has 0 radical (unpaired) electrons. The molecule has 3 heteroatoms. The average molecular weight is 224 g/mol. The molecule has 0 saturated heterocycles. The molecule has 0 fully saturated rings. The van der Waals surface area contributed by atoms with Gasteiger partial charge in [0.1, 0.15) is 0 Å². The third kappa shape index (κ3) is 2.82. The van der Waals surface area contributed by atoms with E-state index < -0.39 is 0 Å². The van der Waals surface area contributed by atoms with E-state index in [9.17, 15) is 4.79 Å². The molecule has 0 amide bonds. The van der Waals surface area contributed by atoms with Gasteiger partial charge in [0, 0.05) is 10.7 Å². The van der Waals surface area contributed by atoms with Gasteiger partial charge in [-0.15, -0.1) is 0 Å². The Labute approximate surface area is 78.8 Å². The molecule has 0 unspecified atom stereocenters. The maximum absolute atomic E-state index is 9.70. The van der Waals surface area contributed by atoms with Crippen molar-refractivity contribution in [1.29, 1.82) is 0 Å². The summed E-state index contributed by atoms with van der Waals surface area (Å²) in [6.07, 6.45) is 4.57. The van der Waals surface area contributed by atoms with Crippen LogP contribution >= 0.6 is 15.9 Å². The molecule has 0 saturated carbocycles. The fourth-order valence-corrected chi connectivity index (χ4v) is 0.992. The third-order valence-corrected chi connectivity index (χ3v) is 1.79. The number of hydrogen-bond donors (Lipinski definition) is 0. The van der Waals surface area contributed by atoms with Gasteiger partial charge in [-0.2, -0.15) is 4.99 Å². The molecule has 0 aliphatic heterocycles. The molecule has 0 spiro atoms. The zero-order valence-electron chi connectivity index (χ0n) is 6.20. The monoisotopic (exact) mass is 223 g/mol. The first-order valence-corrected chi connectivity index (χ1v) is 4.11. The van der Waals surface area contributed by atoms with Crippen LogP contribution in [0.3, 0.4) is 0 Å². The van der Waals surface area contributed by atoms with E-state index in [0.717, 1.165) is 10.0 Å². The van der Waals surface area contributed by atoms with Crippen molar-refractivity contribution in [2.24, 2.45) is 4.99 Å². The van der Waals surface area contributed by atoms with Crippen LogP contribution in [-0.4, -0.2) is 6.08 Å². The third-order valence-electron chi connectivity index (χ3n) is 1.26. The van der Waals surface area contributed by atoms with Crippen LogP contribution in [0.25, 0.3) is 6.08 Å². The second kappa shape index (κ2) is 4.65. The van der Waals surface area contributed by atoms with Crippen molar-refractivity contribution >= 4 is 28.1 Å². The summed E-state index contributed by atoms with van der Waals surface area (Å²) >= 11 is 3.32. The highest BCUT2D eigenvalue weighted by Gasteiger charge is 1.85. The fraction of sp³-hybridized carbons (Fsp3) is 0. The summed E-state index contributed by atoms with van der Waals surface area (Å²) < 4.78 is 1.03. The number of rotatable bonds is 2. The zero-order valence-corrected chi connectivity index (χ0v) is 7.78. The highest BCUT2D eigenvalue weighted by atomic mass is 79.9. The lowest BCUT2D eigenvalue weighted by atomic mass is 10.2. The summed E-state index contributed by atoms with van der Waals surface area (Å²) in [5, 5.41) is 0. The molecule has 12 heavy (non-hydrogen) atoms. The van der Waals surface area contributed by atoms with Gasteiger partial charge in [-0.25, -0.2) is 4.79 Å². The Morgan fingerprint density at radius 1 is 1.33 bits per heavy atom. The topological polar surface area (TPSA) is 29.4 Å². The van der Waals surface area contributed by atoms with Gasteiger partial charge < -0.3 is 0 Å². The van der Waals surface area contributed by atoms with Gasteiger partial charge in [0.2, 0.25) is 6.08 Å². The molecule has 0 atom stereocenters. The van der Waals surface area contributed by atoms with Gasteiger partial charge >= 0.3 is 0 Å². The molecule has 0 aliphatic carbocycles. The van der Waals surface area contributed by atoms with Crippen LogP contribution < -0.4 is 0 Å². The van der Waals surface area contributed by atoms with E-state index in [1.165, 1.54) is 12.3 Å². The summed E-state index contributed by atoms with van der Waals surface area (Å²) in [5.41, 5.74) is 0.997. The Morgan fingerprint density at radius 3 is 2.58 bits per heavy atom. The van der Waals surface area contributed by atoms with Gasteiger partial charge in [0.05, 0.1) is 0 Å². The summed E-state index contributed by atoms with van der Waals surface area (Å²) in [6, 6.07) is 7.68. The SMILES string of the molecule is O=C=N/C=C\c1ccc(Br)cc1. The minimum absolute atomic E-state index is 0.997. The fourth-order valence-electron chi connectivity index (χ4n) is 0.728. The lowest BCUT2D eigenvalue weighted by Crippen LogP contribution is -1.69. The highest BCUT2D eigenvalue weighted by Crippen LogP contribution is 2.11. The Kier molecular flexibility index (Phi) is 3.45. The van der Waals surface area contributed by atoms with Crippen LogP contribution in [0.15, 0.2) is 39.9 Å². The van der Waals surface area contributed by atoms with Gasteiger partial charge in [-0.1, -0.05) is 28.1 Å². The molecular formula is C9H6BrNO. The standard InChI is InChI=1S/C9H6BrNO/c10-9-3-1-8(2-4-9)5-6-11-7-12/h1-6H/b6-5-. The molecular weight excluding hydrogens is 218 g/mol. The summed E-state index contributed by atoms with van der Waals surface area (Å²) in [7, 11) is 0.